The molecule has 0 bridgehead atoms. The molecule has 0 aliphatic heterocycles. The summed E-state index contributed by atoms with van der Waals surface area (Å²) in [7, 11) is 0. The van der Waals surface area contributed by atoms with Gasteiger partial charge in [-0.2, -0.15) is 5.10 Å². The van der Waals surface area contributed by atoms with E-state index in [-0.39, 0.29) is 5.91 Å². The van der Waals surface area contributed by atoms with Crippen molar-refractivity contribution in [2.45, 2.75) is 0 Å². The molecule has 0 unspecified atom stereocenters. The first-order chi connectivity index (χ1) is 15.6. The van der Waals surface area contributed by atoms with Crippen LogP contribution in [0.15, 0.2) is 107 Å². The summed E-state index contributed by atoms with van der Waals surface area (Å²) in [4.78, 5) is 24.8. The van der Waals surface area contributed by atoms with Gasteiger partial charge in [0.2, 0.25) is 0 Å². The molecular weight excluding hydrogens is 470 g/mol. The maximum atomic E-state index is 12.6. The van der Waals surface area contributed by atoms with Gasteiger partial charge < -0.3 is 9.30 Å². The second kappa shape index (κ2) is 9.89. The lowest BCUT2D eigenvalue weighted by Gasteiger charge is -2.09. The zero-order valence-electron chi connectivity index (χ0n) is 16.8. The number of halogens is 1. The zero-order chi connectivity index (χ0) is 22.3. The number of para-hydroxylation sites is 1. The summed E-state index contributed by atoms with van der Waals surface area (Å²) in [6, 6.07) is 24.8. The Kier molecular flexibility index (Phi) is 6.57. The van der Waals surface area contributed by atoms with E-state index in [1.807, 2.05) is 41.2 Å². The minimum Gasteiger partial charge on any atom is -0.423 e. The van der Waals surface area contributed by atoms with E-state index in [1.54, 1.807) is 60.7 Å². The van der Waals surface area contributed by atoms with Crippen molar-refractivity contribution >= 4 is 34.0 Å². The van der Waals surface area contributed by atoms with Crippen LogP contribution in [0.3, 0.4) is 0 Å². The van der Waals surface area contributed by atoms with Gasteiger partial charge >= 0.3 is 5.97 Å². The normalized spacial score (nSPS) is 10.8. The van der Waals surface area contributed by atoms with Crippen molar-refractivity contribution in [2.75, 3.05) is 0 Å². The average Bonchev–Trinajstić information content (AvgIpc) is 3.35. The first kappa shape index (κ1) is 21.3. The zero-order valence-corrected chi connectivity index (χ0v) is 18.4. The van der Waals surface area contributed by atoms with Gasteiger partial charge in [-0.25, -0.2) is 10.2 Å². The number of ether oxygens (including phenoxy) is 1. The third kappa shape index (κ3) is 5.19. The number of hydrogen-bond acceptors (Lipinski definition) is 4. The number of aromatic nitrogens is 1. The molecule has 1 N–H and O–H groups in total. The molecule has 0 saturated heterocycles. The SMILES string of the molecule is O=C(Oc1ccc(/C=N\NC(=O)c2ccccc2-n2cccc2)cc1)c1ccc(Br)cc1. The third-order valence-electron chi connectivity index (χ3n) is 4.58. The molecule has 32 heavy (non-hydrogen) atoms. The van der Waals surface area contributed by atoms with Gasteiger partial charge in [-0.3, -0.25) is 4.79 Å². The number of nitrogens with one attached hydrogen (secondary N) is 1. The van der Waals surface area contributed by atoms with Gasteiger partial charge in [0.05, 0.1) is 23.0 Å². The van der Waals surface area contributed by atoms with Gasteiger partial charge in [0.15, 0.2) is 0 Å². The number of hydrogen-bond donors (Lipinski definition) is 1. The van der Waals surface area contributed by atoms with E-state index in [4.69, 9.17) is 4.74 Å². The predicted molar refractivity (Wildman–Crippen MR) is 126 cm³/mol. The van der Waals surface area contributed by atoms with Crippen molar-refractivity contribution < 1.29 is 14.3 Å². The van der Waals surface area contributed by atoms with Gasteiger partial charge in [0.25, 0.3) is 5.91 Å². The highest BCUT2D eigenvalue weighted by Crippen LogP contribution is 2.16. The molecule has 158 valence electrons. The number of amides is 1. The topological polar surface area (TPSA) is 72.7 Å². The highest BCUT2D eigenvalue weighted by atomic mass is 79.9. The Morgan fingerprint density at radius 3 is 2.28 bits per heavy atom. The molecule has 6 nitrogen and oxygen atoms in total. The highest BCUT2D eigenvalue weighted by Gasteiger charge is 2.11. The van der Waals surface area contributed by atoms with Crippen LogP contribution in [0, 0.1) is 0 Å². The number of nitrogens with zero attached hydrogens (tertiary/aromatic N) is 2. The van der Waals surface area contributed by atoms with Crippen LogP contribution < -0.4 is 10.2 Å². The van der Waals surface area contributed by atoms with E-state index in [0.717, 1.165) is 15.7 Å². The number of carbonyl (C=O) groups excluding carboxylic acids is 2. The van der Waals surface area contributed by atoms with Crippen molar-refractivity contribution in [3.8, 4) is 11.4 Å². The summed E-state index contributed by atoms with van der Waals surface area (Å²) >= 11 is 3.33. The summed E-state index contributed by atoms with van der Waals surface area (Å²) in [5.41, 5.74) is 5.03. The molecule has 7 heteroatoms. The van der Waals surface area contributed by atoms with Crippen LogP contribution in [0.5, 0.6) is 5.75 Å². The molecule has 1 amide bonds. The Morgan fingerprint density at radius 2 is 1.56 bits per heavy atom. The van der Waals surface area contributed by atoms with Crippen LogP contribution in [-0.4, -0.2) is 22.7 Å². The fraction of sp³-hybridized carbons (Fsp3) is 0. The maximum Gasteiger partial charge on any atom is 0.343 e. The largest absolute Gasteiger partial charge is 0.423 e. The van der Waals surface area contributed by atoms with Gasteiger partial charge in [-0.1, -0.05) is 28.1 Å². The van der Waals surface area contributed by atoms with Crippen molar-refractivity contribution in [1.29, 1.82) is 0 Å². The fourth-order valence-electron chi connectivity index (χ4n) is 2.99. The molecule has 0 aliphatic rings. The molecule has 0 spiro atoms. The van der Waals surface area contributed by atoms with Gasteiger partial charge in [-0.15, -0.1) is 0 Å². The van der Waals surface area contributed by atoms with Crippen molar-refractivity contribution in [3.05, 3.63) is 118 Å². The summed E-state index contributed by atoms with van der Waals surface area (Å²) in [5.74, 6) is -0.335. The van der Waals surface area contributed by atoms with Crippen LogP contribution in [-0.2, 0) is 0 Å². The number of carbonyl (C=O) groups is 2. The first-order valence-electron chi connectivity index (χ1n) is 9.74. The quantitative estimate of drug-likeness (QED) is 0.175. The van der Waals surface area contributed by atoms with Gasteiger partial charge in [0, 0.05) is 16.9 Å². The molecular formula is C25H18BrN3O3. The van der Waals surface area contributed by atoms with Crippen molar-refractivity contribution in [1.82, 2.24) is 9.99 Å². The number of benzene rings is 3. The minimum atomic E-state index is -0.437. The first-order valence-corrected chi connectivity index (χ1v) is 10.5. The fourth-order valence-corrected chi connectivity index (χ4v) is 3.25. The van der Waals surface area contributed by atoms with Crippen LogP contribution >= 0.6 is 15.9 Å². The van der Waals surface area contributed by atoms with Gasteiger partial charge in [0.1, 0.15) is 5.75 Å². The number of hydrazone groups is 1. The Bertz CT molecular complexity index is 1250. The van der Waals surface area contributed by atoms with Crippen LogP contribution in [0.1, 0.15) is 26.3 Å². The second-order valence-electron chi connectivity index (χ2n) is 6.77. The highest BCUT2D eigenvalue weighted by molar-refractivity contribution is 9.10. The van der Waals surface area contributed by atoms with Crippen LogP contribution in [0.2, 0.25) is 0 Å². The molecule has 1 aromatic heterocycles. The molecule has 3 aromatic carbocycles. The van der Waals surface area contributed by atoms with E-state index in [2.05, 4.69) is 26.5 Å². The standard InChI is InChI=1S/C25H18BrN3O3/c26-20-11-9-19(10-12-20)25(31)32-21-13-7-18(8-14-21)17-27-28-24(30)22-5-1-2-6-23(22)29-15-3-4-16-29/h1-17H,(H,28,30)/b27-17-. The lowest BCUT2D eigenvalue weighted by atomic mass is 10.1. The van der Waals surface area contributed by atoms with Crippen LogP contribution in [0.4, 0.5) is 0 Å². The Balaban J connectivity index is 1.37. The van der Waals surface area contributed by atoms with E-state index < -0.39 is 5.97 Å². The van der Waals surface area contributed by atoms with Gasteiger partial charge in [-0.05, 0) is 78.4 Å². The molecule has 4 aromatic rings. The lowest BCUT2D eigenvalue weighted by Crippen LogP contribution is -2.19. The predicted octanol–water partition coefficient (Wildman–Crippen LogP) is 5.22. The molecule has 1 heterocycles. The Hall–Kier alpha value is -3.97. The summed E-state index contributed by atoms with van der Waals surface area (Å²) in [6.07, 6.45) is 5.28. The molecule has 4 rings (SSSR count). The minimum absolute atomic E-state index is 0.314. The van der Waals surface area contributed by atoms with Crippen LogP contribution in [0.25, 0.3) is 5.69 Å². The Labute approximate surface area is 193 Å². The Morgan fingerprint density at radius 1 is 0.875 bits per heavy atom. The van der Waals surface area contributed by atoms with Crippen molar-refractivity contribution in [3.63, 3.8) is 0 Å². The maximum absolute atomic E-state index is 12.6. The summed E-state index contributed by atoms with van der Waals surface area (Å²) in [5, 5.41) is 4.04. The molecule has 0 saturated carbocycles. The van der Waals surface area contributed by atoms with Crippen molar-refractivity contribution in [2.24, 2.45) is 5.10 Å². The molecule has 0 fully saturated rings. The second-order valence-corrected chi connectivity index (χ2v) is 7.69. The van der Waals surface area contributed by atoms with E-state index in [9.17, 15) is 9.59 Å². The monoisotopic (exact) mass is 487 g/mol. The van der Waals surface area contributed by atoms with E-state index >= 15 is 0 Å². The third-order valence-corrected chi connectivity index (χ3v) is 5.11. The average molecular weight is 488 g/mol. The van der Waals surface area contributed by atoms with E-state index in [1.165, 1.54) is 6.21 Å². The molecule has 0 aliphatic carbocycles. The van der Waals surface area contributed by atoms with E-state index in [0.29, 0.717) is 16.9 Å². The molecule has 0 radical (unpaired) electrons. The summed E-state index contributed by atoms with van der Waals surface area (Å²) in [6.45, 7) is 0. The lowest BCUT2D eigenvalue weighted by molar-refractivity contribution is 0.0734. The summed E-state index contributed by atoms with van der Waals surface area (Å²) < 4.78 is 8.13. The smallest absolute Gasteiger partial charge is 0.343 e. The number of esters is 1. The number of rotatable bonds is 6. The molecule has 0 atom stereocenters.